The molecule has 5 fully saturated rings. The second-order valence-corrected chi connectivity index (χ2v) is 23.2. The maximum absolute atomic E-state index is 13.7. The molecule has 0 N–H and O–H groups in total. The first-order valence-corrected chi connectivity index (χ1v) is 20.0. The zero-order chi connectivity index (χ0) is 25.1. The molecule has 0 aromatic heterocycles. The van der Waals surface area contributed by atoms with Gasteiger partial charge >= 0.3 is 11.9 Å². The van der Waals surface area contributed by atoms with Gasteiger partial charge in [0.1, 0.15) is 5.60 Å². The molecule has 9 atom stereocenters. The van der Waals surface area contributed by atoms with Gasteiger partial charge in [-0.1, -0.05) is 0 Å². The molecular weight excluding hydrogens is 464 g/mol. The van der Waals surface area contributed by atoms with Crippen molar-refractivity contribution in [2.24, 2.45) is 34.5 Å². The number of ether oxygens (including phenoxy) is 2. The molecule has 8 heteroatoms. The lowest BCUT2D eigenvalue weighted by molar-refractivity contribution is -0.163. The summed E-state index contributed by atoms with van der Waals surface area (Å²) in [5.41, 5.74) is -1.89. The van der Waals surface area contributed by atoms with Gasteiger partial charge in [-0.15, -0.1) is 0 Å². The van der Waals surface area contributed by atoms with Crippen molar-refractivity contribution in [2.75, 3.05) is 7.11 Å². The lowest BCUT2D eigenvalue weighted by Crippen LogP contribution is -2.56. The maximum atomic E-state index is 13.7. The van der Waals surface area contributed by atoms with Crippen molar-refractivity contribution < 1.29 is 27.9 Å². The molecular formula is C26H44O6Si2. The number of fused-ring (bicyclic) bond motifs is 1. The van der Waals surface area contributed by atoms with Crippen LogP contribution in [0.1, 0.15) is 52.4 Å². The highest BCUT2D eigenvalue weighted by molar-refractivity contribution is 6.70. The third-order valence-corrected chi connectivity index (χ3v) is 12.1. The number of hydrogen-bond acceptors (Lipinski definition) is 6. The average molecular weight is 509 g/mol. The summed E-state index contributed by atoms with van der Waals surface area (Å²) in [6, 6.07) is 0. The summed E-state index contributed by atoms with van der Waals surface area (Å²) >= 11 is 0. The number of rotatable bonds is 5. The molecule has 6 nitrogen and oxygen atoms in total. The van der Waals surface area contributed by atoms with Gasteiger partial charge < -0.3 is 18.3 Å². The van der Waals surface area contributed by atoms with Crippen molar-refractivity contribution in [3.63, 3.8) is 0 Å². The van der Waals surface area contributed by atoms with E-state index in [4.69, 9.17) is 18.3 Å². The van der Waals surface area contributed by atoms with E-state index in [2.05, 4.69) is 46.2 Å². The topological polar surface area (TPSA) is 71.1 Å². The summed E-state index contributed by atoms with van der Waals surface area (Å²) in [5, 5.41) is 0. The van der Waals surface area contributed by atoms with Gasteiger partial charge in [0.2, 0.25) is 0 Å². The van der Waals surface area contributed by atoms with Crippen LogP contribution in [0, 0.1) is 34.5 Å². The van der Waals surface area contributed by atoms with Gasteiger partial charge in [-0.25, -0.2) is 0 Å². The molecule has 0 aromatic carbocycles. The molecule has 4 aliphatic carbocycles. The average Bonchev–Trinajstić information content (AvgIpc) is 3.12. The molecule has 0 aromatic rings. The van der Waals surface area contributed by atoms with Crippen LogP contribution >= 0.6 is 0 Å². The SMILES string of the molecule is COC(=O)[C@H]1[C@@H]2C3(C)C(=O)O[C@]2(CC[C@@H]3O[Si](C)(C)C)[C@@H]2CCC3C[C@@]21C[C@@]3(C)O[Si](C)(C)C. The Kier molecular flexibility index (Phi) is 5.28. The summed E-state index contributed by atoms with van der Waals surface area (Å²) in [6.07, 6.45) is 5.26. The third kappa shape index (κ3) is 3.16. The fourth-order valence-electron chi connectivity index (χ4n) is 9.58. The number of hydrogen-bond donors (Lipinski definition) is 0. The number of esters is 2. The van der Waals surface area contributed by atoms with E-state index in [9.17, 15) is 9.59 Å². The maximum Gasteiger partial charge on any atom is 0.315 e. The second kappa shape index (κ2) is 7.20. The first-order chi connectivity index (χ1) is 15.5. The Morgan fingerprint density at radius 1 is 1.03 bits per heavy atom. The van der Waals surface area contributed by atoms with Crippen LogP contribution in [0.5, 0.6) is 0 Å². The van der Waals surface area contributed by atoms with Crippen molar-refractivity contribution in [2.45, 2.75) is 109 Å². The van der Waals surface area contributed by atoms with E-state index in [0.717, 1.165) is 38.5 Å². The van der Waals surface area contributed by atoms with Crippen LogP contribution in [0.4, 0.5) is 0 Å². The Bertz CT molecular complexity index is 910. The minimum Gasteiger partial charge on any atom is -0.469 e. The quantitative estimate of drug-likeness (QED) is 0.378. The zero-order valence-electron chi connectivity index (χ0n) is 22.6. The standard InChI is InChI=1S/C26H44O6Si2/c1-23(32-34(7,8)9)15-25-14-16(23)10-11-17(25)26-13-12-18(31-33(4,5)6)24(2,22(28)30-26)20(26)19(25)21(27)29-3/h16-20H,10-15H2,1-9H3/t16?,17-,18+,19-,20-,23-,24?,25-,26-/m1/s1. The predicted molar refractivity (Wildman–Crippen MR) is 134 cm³/mol. The van der Waals surface area contributed by atoms with Crippen molar-refractivity contribution in [1.82, 2.24) is 0 Å². The van der Waals surface area contributed by atoms with Crippen molar-refractivity contribution in [3.8, 4) is 0 Å². The van der Waals surface area contributed by atoms with E-state index in [0.29, 0.717) is 5.92 Å². The van der Waals surface area contributed by atoms with Gasteiger partial charge in [0.25, 0.3) is 0 Å². The van der Waals surface area contributed by atoms with Crippen molar-refractivity contribution in [3.05, 3.63) is 0 Å². The molecule has 1 heterocycles. The predicted octanol–water partition coefficient (Wildman–Crippen LogP) is 5.14. The van der Waals surface area contributed by atoms with Crippen LogP contribution < -0.4 is 0 Å². The molecule has 192 valence electrons. The first-order valence-electron chi connectivity index (χ1n) is 13.2. The Morgan fingerprint density at radius 3 is 2.29 bits per heavy atom. The third-order valence-electron chi connectivity index (χ3n) is 10.1. The Balaban J connectivity index is 1.64. The fourth-order valence-corrected chi connectivity index (χ4v) is 12.4. The van der Waals surface area contributed by atoms with Gasteiger partial charge in [-0.2, -0.15) is 0 Å². The molecule has 1 aliphatic heterocycles. The van der Waals surface area contributed by atoms with E-state index in [1.807, 2.05) is 6.92 Å². The Morgan fingerprint density at radius 2 is 1.71 bits per heavy atom. The number of methoxy groups -OCH3 is 1. The number of carbonyl (C=O) groups is 2. The van der Waals surface area contributed by atoms with Gasteiger partial charge in [-0.05, 0) is 103 Å². The summed E-state index contributed by atoms with van der Waals surface area (Å²) in [4.78, 5) is 27.4. The zero-order valence-corrected chi connectivity index (χ0v) is 24.6. The van der Waals surface area contributed by atoms with Crippen LogP contribution in [-0.4, -0.2) is 53.0 Å². The van der Waals surface area contributed by atoms with Gasteiger partial charge in [0.15, 0.2) is 16.6 Å². The van der Waals surface area contributed by atoms with Crippen LogP contribution in [0.15, 0.2) is 0 Å². The second-order valence-electron chi connectivity index (χ2n) is 14.3. The molecule has 5 rings (SSSR count). The van der Waals surface area contributed by atoms with Gasteiger partial charge in [-0.3, -0.25) is 9.59 Å². The fraction of sp³-hybridized carbons (Fsp3) is 0.923. The minimum atomic E-state index is -1.91. The molecule has 1 saturated heterocycles. The Hall–Kier alpha value is -0.706. The van der Waals surface area contributed by atoms with E-state index < -0.39 is 27.7 Å². The molecule has 2 unspecified atom stereocenters. The monoisotopic (exact) mass is 508 g/mol. The largest absolute Gasteiger partial charge is 0.469 e. The summed E-state index contributed by atoms with van der Waals surface area (Å²) in [7, 11) is -2.21. The van der Waals surface area contributed by atoms with Crippen LogP contribution in [-0.2, 0) is 27.9 Å². The number of carbonyl (C=O) groups excluding carboxylic acids is 2. The highest BCUT2D eigenvalue weighted by atomic mass is 28.4. The highest BCUT2D eigenvalue weighted by Crippen LogP contribution is 2.79. The molecule has 4 saturated carbocycles. The molecule has 0 radical (unpaired) electrons. The molecule has 0 amide bonds. The first kappa shape index (κ1) is 25.0. The van der Waals surface area contributed by atoms with Gasteiger partial charge in [0.05, 0.1) is 30.1 Å². The van der Waals surface area contributed by atoms with E-state index in [1.165, 1.54) is 7.11 Å². The molecule has 5 aliphatic rings. The van der Waals surface area contributed by atoms with Gasteiger partial charge in [0, 0.05) is 11.8 Å². The molecule has 1 spiro atoms. The van der Waals surface area contributed by atoms with Crippen molar-refractivity contribution >= 4 is 28.6 Å². The summed E-state index contributed by atoms with van der Waals surface area (Å²) in [6.45, 7) is 17.6. The van der Waals surface area contributed by atoms with Crippen molar-refractivity contribution in [1.29, 1.82) is 0 Å². The normalized spacial score (nSPS) is 49.4. The minimum absolute atomic E-state index is 0.164. The highest BCUT2D eigenvalue weighted by Gasteiger charge is 2.84. The molecule has 34 heavy (non-hydrogen) atoms. The van der Waals surface area contributed by atoms with Crippen LogP contribution in [0.2, 0.25) is 39.3 Å². The summed E-state index contributed by atoms with van der Waals surface area (Å²) < 4.78 is 25.6. The smallest absolute Gasteiger partial charge is 0.315 e. The Labute approximate surface area is 207 Å². The van der Waals surface area contributed by atoms with E-state index in [-0.39, 0.29) is 46.8 Å². The lowest BCUT2D eigenvalue weighted by Gasteiger charge is -2.47. The lowest BCUT2D eigenvalue weighted by atomic mass is 9.59. The molecule has 4 bridgehead atoms. The van der Waals surface area contributed by atoms with E-state index in [1.54, 1.807) is 0 Å². The van der Waals surface area contributed by atoms with E-state index >= 15 is 0 Å². The van der Waals surface area contributed by atoms with Crippen LogP contribution in [0.3, 0.4) is 0 Å². The van der Waals surface area contributed by atoms with Crippen LogP contribution in [0.25, 0.3) is 0 Å². The summed E-state index contributed by atoms with van der Waals surface area (Å²) in [5.74, 6) is -0.294.